The van der Waals surface area contributed by atoms with E-state index in [-0.39, 0.29) is 0 Å². The summed E-state index contributed by atoms with van der Waals surface area (Å²) in [7, 11) is 0. The van der Waals surface area contributed by atoms with E-state index in [9.17, 15) is 0 Å². The third-order valence-corrected chi connectivity index (χ3v) is 4.17. The highest BCUT2D eigenvalue weighted by atomic mass is 79.9. The van der Waals surface area contributed by atoms with Gasteiger partial charge in [-0.1, -0.05) is 52.3 Å². The van der Waals surface area contributed by atoms with E-state index in [2.05, 4.69) is 64.5 Å². The molecule has 1 aliphatic carbocycles. The molecule has 1 nitrogen and oxygen atoms in total. The van der Waals surface area contributed by atoms with Crippen molar-refractivity contribution in [1.82, 2.24) is 0 Å². The summed E-state index contributed by atoms with van der Waals surface area (Å²) in [5.74, 6) is 0. The minimum absolute atomic E-state index is 0.816. The highest BCUT2D eigenvalue weighted by molar-refractivity contribution is 9.10. The molecule has 0 fully saturated rings. The van der Waals surface area contributed by atoms with Crippen LogP contribution in [0.2, 0.25) is 0 Å². The van der Waals surface area contributed by atoms with Crippen LogP contribution in [0.1, 0.15) is 24.0 Å². The van der Waals surface area contributed by atoms with E-state index in [0.29, 0.717) is 0 Å². The number of allylic oxidation sites excluding steroid dienone is 4. The molecule has 0 saturated carbocycles. The molecule has 2 N–H and O–H groups in total. The number of halogens is 1. The van der Waals surface area contributed by atoms with Gasteiger partial charge in [0, 0.05) is 10.2 Å². The summed E-state index contributed by atoms with van der Waals surface area (Å²) in [6.07, 6.45) is 6.62. The Morgan fingerprint density at radius 3 is 1.60 bits per heavy atom. The third-order valence-electron chi connectivity index (χ3n) is 3.65. The molecule has 20 heavy (non-hydrogen) atoms. The highest BCUT2D eigenvalue weighted by Crippen LogP contribution is 2.32. The smallest absolute Gasteiger partial charge is 0.0314 e. The van der Waals surface area contributed by atoms with Gasteiger partial charge in [-0.3, -0.25) is 0 Å². The van der Waals surface area contributed by atoms with Gasteiger partial charge >= 0.3 is 0 Å². The van der Waals surface area contributed by atoms with Gasteiger partial charge < -0.3 is 5.73 Å². The number of rotatable bonds is 2. The normalized spacial score (nSPS) is 14.7. The van der Waals surface area contributed by atoms with Crippen LogP contribution < -0.4 is 5.73 Å². The standard InChI is InChI=1S/C18H16BrN/c19-17-9-5-15(6-10-17)13-1-3-14(4-2-13)16-7-11-18(20)12-8-16/h1,3,5-12H,2,4,20H2. The van der Waals surface area contributed by atoms with Crippen LogP contribution in [-0.4, -0.2) is 0 Å². The Bertz CT molecular complexity index is 602. The maximum Gasteiger partial charge on any atom is 0.0314 e. The summed E-state index contributed by atoms with van der Waals surface area (Å²) < 4.78 is 1.12. The SMILES string of the molecule is Nc1ccc(C2=CC=C(c3ccc(Br)cc3)CC2)cc1. The molecule has 2 aromatic carbocycles. The molecule has 1 aliphatic rings. The van der Waals surface area contributed by atoms with E-state index in [4.69, 9.17) is 5.73 Å². The van der Waals surface area contributed by atoms with Crippen molar-refractivity contribution in [2.24, 2.45) is 0 Å². The monoisotopic (exact) mass is 325 g/mol. The first-order valence-electron chi connectivity index (χ1n) is 6.74. The molecule has 0 atom stereocenters. The Kier molecular flexibility index (Phi) is 3.75. The Hall–Kier alpha value is -1.80. The van der Waals surface area contributed by atoms with Gasteiger partial charge in [0.15, 0.2) is 0 Å². The molecule has 3 rings (SSSR count). The molecule has 2 heteroatoms. The lowest BCUT2D eigenvalue weighted by Gasteiger charge is -2.15. The van der Waals surface area contributed by atoms with Crippen LogP contribution in [0.25, 0.3) is 11.1 Å². The van der Waals surface area contributed by atoms with Gasteiger partial charge in [-0.2, -0.15) is 0 Å². The molecular weight excluding hydrogens is 310 g/mol. The first kappa shape index (κ1) is 13.2. The van der Waals surface area contributed by atoms with Crippen molar-refractivity contribution in [3.05, 3.63) is 76.3 Å². The van der Waals surface area contributed by atoms with Crippen molar-refractivity contribution in [1.29, 1.82) is 0 Å². The first-order valence-corrected chi connectivity index (χ1v) is 7.53. The van der Waals surface area contributed by atoms with Gasteiger partial charge in [-0.05, 0) is 59.4 Å². The molecule has 0 bridgehead atoms. The average molecular weight is 326 g/mol. The molecule has 0 unspecified atom stereocenters. The van der Waals surface area contributed by atoms with Gasteiger partial charge in [0.2, 0.25) is 0 Å². The maximum absolute atomic E-state index is 5.73. The molecule has 2 aromatic rings. The van der Waals surface area contributed by atoms with E-state index < -0.39 is 0 Å². The van der Waals surface area contributed by atoms with Crippen LogP contribution in [0.15, 0.2) is 65.2 Å². The molecule has 0 amide bonds. The van der Waals surface area contributed by atoms with Crippen LogP contribution in [0.3, 0.4) is 0 Å². The number of nitrogens with two attached hydrogens (primary N) is 1. The van der Waals surface area contributed by atoms with E-state index >= 15 is 0 Å². The summed E-state index contributed by atoms with van der Waals surface area (Å²) >= 11 is 3.47. The fourth-order valence-electron chi connectivity index (χ4n) is 2.48. The van der Waals surface area contributed by atoms with E-state index in [1.165, 1.54) is 22.3 Å². The van der Waals surface area contributed by atoms with Crippen molar-refractivity contribution in [2.75, 3.05) is 5.73 Å². The Morgan fingerprint density at radius 1 is 0.700 bits per heavy atom. The molecule has 0 aromatic heterocycles. The topological polar surface area (TPSA) is 26.0 Å². The zero-order chi connectivity index (χ0) is 13.9. The number of hydrogen-bond acceptors (Lipinski definition) is 1. The summed E-state index contributed by atoms with van der Waals surface area (Å²) in [5.41, 5.74) is 11.9. The lowest BCUT2D eigenvalue weighted by atomic mass is 9.90. The van der Waals surface area contributed by atoms with Gasteiger partial charge in [-0.15, -0.1) is 0 Å². The van der Waals surface area contributed by atoms with Gasteiger partial charge in [-0.25, -0.2) is 0 Å². The fraction of sp³-hybridized carbons (Fsp3) is 0.111. The van der Waals surface area contributed by atoms with E-state index in [0.717, 1.165) is 23.0 Å². The van der Waals surface area contributed by atoms with Crippen molar-refractivity contribution in [2.45, 2.75) is 12.8 Å². The minimum atomic E-state index is 0.816. The second-order valence-corrected chi connectivity index (χ2v) is 5.93. The maximum atomic E-state index is 5.73. The van der Waals surface area contributed by atoms with Crippen LogP contribution in [0, 0.1) is 0 Å². The second kappa shape index (κ2) is 5.68. The third kappa shape index (κ3) is 2.86. The van der Waals surface area contributed by atoms with Gasteiger partial charge in [0.25, 0.3) is 0 Å². The number of hydrogen-bond donors (Lipinski definition) is 1. The van der Waals surface area contributed by atoms with Crippen molar-refractivity contribution in [3.63, 3.8) is 0 Å². The molecule has 0 spiro atoms. The van der Waals surface area contributed by atoms with Crippen molar-refractivity contribution in [3.8, 4) is 0 Å². The second-order valence-electron chi connectivity index (χ2n) is 5.01. The molecule has 0 aliphatic heterocycles. The molecule has 0 heterocycles. The lowest BCUT2D eigenvalue weighted by Crippen LogP contribution is -1.94. The van der Waals surface area contributed by atoms with Crippen LogP contribution in [0.5, 0.6) is 0 Å². The Morgan fingerprint density at radius 2 is 1.15 bits per heavy atom. The fourth-order valence-corrected chi connectivity index (χ4v) is 2.74. The predicted octanol–water partition coefficient (Wildman–Crippen LogP) is 5.29. The van der Waals surface area contributed by atoms with Gasteiger partial charge in [0.1, 0.15) is 0 Å². The largest absolute Gasteiger partial charge is 0.399 e. The lowest BCUT2D eigenvalue weighted by molar-refractivity contribution is 1.07. The Balaban J connectivity index is 1.85. The zero-order valence-electron chi connectivity index (χ0n) is 11.1. The minimum Gasteiger partial charge on any atom is -0.399 e. The molecule has 0 saturated heterocycles. The first-order chi connectivity index (χ1) is 9.72. The Labute approximate surface area is 128 Å². The van der Waals surface area contributed by atoms with Crippen LogP contribution in [-0.2, 0) is 0 Å². The average Bonchev–Trinajstić information content (AvgIpc) is 2.49. The number of nitrogen functional groups attached to an aromatic ring is 1. The zero-order valence-corrected chi connectivity index (χ0v) is 12.7. The number of anilines is 1. The van der Waals surface area contributed by atoms with E-state index in [1.807, 2.05) is 12.1 Å². The quantitative estimate of drug-likeness (QED) is 0.745. The van der Waals surface area contributed by atoms with Gasteiger partial charge in [0.05, 0.1) is 0 Å². The summed E-state index contributed by atoms with van der Waals surface area (Å²) in [6, 6.07) is 16.6. The highest BCUT2D eigenvalue weighted by Gasteiger charge is 2.09. The van der Waals surface area contributed by atoms with Crippen molar-refractivity contribution < 1.29 is 0 Å². The predicted molar refractivity (Wildman–Crippen MR) is 90.2 cm³/mol. The van der Waals surface area contributed by atoms with Crippen molar-refractivity contribution >= 4 is 32.8 Å². The number of benzene rings is 2. The van der Waals surface area contributed by atoms with E-state index in [1.54, 1.807) is 0 Å². The summed E-state index contributed by atoms with van der Waals surface area (Å²) in [5, 5.41) is 0. The molecular formula is C18H16BrN. The summed E-state index contributed by atoms with van der Waals surface area (Å²) in [6.45, 7) is 0. The molecule has 0 radical (unpaired) electrons. The van der Waals surface area contributed by atoms with Crippen LogP contribution in [0.4, 0.5) is 5.69 Å². The van der Waals surface area contributed by atoms with Crippen LogP contribution >= 0.6 is 15.9 Å². The molecule has 100 valence electrons. The summed E-state index contributed by atoms with van der Waals surface area (Å²) in [4.78, 5) is 0.